The van der Waals surface area contributed by atoms with Gasteiger partial charge in [-0.15, -0.1) is 0 Å². The number of benzene rings is 1. The van der Waals surface area contributed by atoms with Crippen LogP contribution in [0.3, 0.4) is 0 Å². The zero-order chi connectivity index (χ0) is 15.3. The largest absolute Gasteiger partial charge is 0.369 e. The molecular formula is C19H31NO. The van der Waals surface area contributed by atoms with E-state index in [0.29, 0.717) is 12.0 Å². The lowest BCUT2D eigenvalue weighted by Crippen LogP contribution is -2.40. The van der Waals surface area contributed by atoms with Gasteiger partial charge >= 0.3 is 0 Å². The fourth-order valence-electron chi connectivity index (χ4n) is 3.01. The molecule has 1 aromatic rings. The van der Waals surface area contributed by atoms with Crippen molar-refractivity contribution in [1.29, 1.82) is 0 Å². The first-order valence-electron chi connectivity index (χ1n) is 8.41. The van der Waals surface area contributed by atoms with Crippen molar-refractivity contribution in [2.24, 2.45) is 5.92 Å². The van der Waals surface area contributed by atoms with Crippen LogP contribution in [0.5, 0.6) is 0 Å². The van der Waals surface area contributed by atoms with E-state index in [0.717, 1.165) is 6.54 Å². The molecule has 1 N–H and O–H groups in total. The molecule has 0 saturated heterocycles. The highest BCUT2D eigenvalue weighted by Crippen LogP contribution is 2.31. The summed E-state index contributed by atoms with van der Waals surface area (Å²) in [5, 5.41) is 3.60. The number of hydrogen-bond donors (Lipinski definition) is 1. The molecule has 0 heterocycles. The van der Waals surface area contributed by atoms with Gasteiger partial charge in [-0.25, -0.2) is 0 Å². The molecule has 0 radical (unpaired) electrons. The van der Waals surface area contributed by atoms with Gasteiger partial charge in [0, 0.05) is 12.1 Å². The second kappa shape index (κ2) is 7.42. The van der Waals surface area contributed by atoms with Gasteiger partial charge in [0.15, 0.2) is 0 Å². The number of rotatable bonds is 5. The summed E-state index contributed by atoms with van der Waals surface area (Å²) in [4.78, 5) is 0. The van der Waals surface area contributed by atoms with E-state index in [-0.39, 0.29) is 11.6 Å². The van der Waals surface area contributed by atoms with Crippen LogP contribution in [0.15, 0.2) is 30.3 Å². The Morgan fingerprint density at radius 1 is 1.14 bits per heavy atom. The fraction of sp³-hybridized carbons (Fsp3) is 0.684. The molecule has 0 spiro atoms. The van der Waals surface area contributed by atoms with Crippen LogP contribution in [0.25, 0.3) is 0 Å². The van der Waals surface area contributed by atoms with E-state index in [1.165, 1.54) is 31.2 Å². The van der Waals surface area contributed by atoms with Crippen LogP contribution in [0.4, 0.5) is 0 Å². The molecule has 2 rings (SSSR count). The summed E-state index contributed by atoms with van der Waals surface area (Å²) in [6.45, 7) is 9.83. The summed E-state index contributed by atoms with van der Waals surface area (Å²) >= 11 is 0. The zero-order valence-electron chi connectivity index (χ0n) is 14.1. The van der Waals surface area contributed by atoms with Crippen molar-refractivity contribution < 1.29 is 4.74 Å². The van der Waals surface area contributed by atoms with E-state index in [9.17, 15) is 0 Å². The average Bonchev–Trinajstić information content (AvgIpc) is 2.45. The molecule has 0 amide bonds. The second-order valence-corrected chi connectivity index (χ2v) is 7.47. The maximum Gasteiger partial charge on any atom is 0.0953 e. The van der Waals surface area contributed by atoms with Crippen LogP contribution in [-0.4, -0.2) is 18.2 Å². The maximum atomic E-state index is 6.52. The van der Waals surface area contributed by atoms with Gasteiger partial charge in [-0.1, -0.05) is 50.1 Å². The molecule has 21 heavy (non-hydrogen) atoms. The average molecular weight is 289 g/mol. The van der Waals surface area contributed by atoms with Crippen molar-refractivity contribution in [3.63, 3.8) is 0 Å². The van der Waals surface area contributed by atoms with Crippen molar-refractivity contribution >= 4 is 0 Å². The van der Waals surface area contributed by atoms with Crippen LogP contribution >= 0.6 is 0 Å². The molecule has 3 atom stereocenters. The maximum absolute atomic E-state index is 6.52. The highest BCUT2D eigenvalue weighted by molar-refractivity contribution is 5.18. The number of ether oxygens (including phenoxy) is 1. The Labute approximate surface area is 130 Å². The fourth-order valence-corrected chi connectivity index (χ4v) is 3.01. The van der Waals surface area contributed by atoms with Crippen molar-refractivity contribution in [2.45, 2.75) is 71.1 Å². The highest BCUT2D eigenvalue weighted by Gasteiger charge is 2.26. The van der Waals surface area contributed by atoms with Gasteiger partial charge in [-0.3, -0.25) is 0 Å². The monoisotopic (exact) mass is 289 g/mol. The molecule has 1 aliphatic carbocycles. The van der Waals surface area contributed by atoms with Gasteiger partial charge < -0.3 is 10.1 Å². The summed E-state index contributed by atoms with van der Waals surface area (Å²) in [6, 6.07) is 10.6. The molecule has 0 bridgehead atoms. The first kappa shape index (κ1) is 16.5. The van der Waals surface area contributed by atoms with Crippen LogP contribution < -0.4 is 5.32 Å². The predicted octanol–water partition coefficient (Wildman–Crippen LogP) is 4.71. The summed E-state index contributed by atoms with van der Waals surface area (Å²) in [5.74, 6) is 0.680. The molecule has 3 unspecified atom stereocenters. The van der Waals surface area contributed by atoms with Crippen molar-refractivity contribution in [2.75, 3.05) is 6.54 Å². The lowest BCUT2D eigenvalue weighted by Gasteiger charge is -2.34. The van der Waals surface area contributed by atoms with Gasteiger partial charge in [-0.05, 0) is 45.1 Å². The third-order valence-corrected chi connectivity index (χ3v) is 4.36. The van der Waals surface area contributed by atoms with E-state index in [2.05, 4.69) is 63.3 Å². The van der Waals surface area contributed by atoms with Gasteiger partial charge in [0.1, 0.15) is 0 Å². The minimum Gasteiger partial charge on any atom is -0.369 e. The molecule has 2 heteroatoms. The SMILES string of the molecule is CC1CCCCC1OC(CNC(C)(C)C)c1ccccc1. The Balaban J connectivity index is 2.04. The topological polar surface area (TPSA) is 21.3 Å². The molecule has 1 saturated carbocycles. The second-order valence-electron chi connectivity index (χ2n) is 7.47. The summed E-state index contributed by atoms with van der Waals surface area (Å²) in [7, 11) is 0. The molecule has 2 nitrogen and oxygen atoms in total. The molecule has 0 aliphatic heterocycles. The van der Waals surface area contributed by atoms with E-state index >= 15 is 0 Å². The van der Waals surface area contributed by atoms with Crippen LogP contribution in [0.1, 0.15) is 65.0 Å². The van der Waals surface area contributed by atoms with E-state index in [4.69, 9.17) is 4.74 Å². The standard InChI is InChI=1S/C19H31NO/c1-15-10-8-9-13-17(15)21-18(14-20-19(2,3)4)16-11-6-5-7-12-16/h5-7,11-12,15,17-18,20H,8-10,13-14H2,1-4H3. The van der Waals surface area contributed by atoms with E-state index in [1.54, 1.807) is 0 Å². The number of hydrogen-bond acceptors (Lipinski definition) is 2. The lowest BCUT2D eigenvalue weighted by atomic mass is 9.87. The Hall–Kier alpha value is -0.860. The minimum absolute atomic E-state index is 0.120. The Morgan fingerprint density at radius 2 is 1.81 bits per heavy atom. The summed E-state index contributed by atoms with van der Waals surface area (Å²) < 4.78 is 6.52. The highest BCUT2D eigenvalue weighted by atomic mass is 16.5. The van der Waals surface area contributed by atoms with Crippen LogP contribution in [0.2, 0.25) is 0 Å². The van der Waals surface area contributed by atoms with Crippen molar-refractivity contribution in [3.8, 4) is 0 Å². The van der Waals surface area contributed by atoms with Crippen LogP contribution in [-0.2, 0) is 4.74 Å². The third kappa shape index (κ3) is 5.44. The smallest absolute Gasteiger partial charge is 0.0953 e. The van der Waals surface area contributed by atoms with Crippen LogP contribution in [0, 0.1) is 5.92 Å². The first-order chi connectivity index (χ1) is 9.96. The minimum atomic E-state index is 0.120. The molecular weight excluding hydrogens is 258 g/mol. The number of nitrogens with one attached hydrogen (secondary N) is 1. The molecule has 1 aliphatic rings. The Bertz CT molecular complexity index is 409. The van der Waals surface area contributed by atoms with Gasteiger partial charge in [0.2, 0.25) is 0 Å². The van der Waals surface area contributed by atoms with Crippen molar-refractivity contribution in [3.05, 3.63) is 35.9 Å². The predicted molar refractivity (Wildman–Crippen MR) is 89.4 cm³/mol. The molecule has 1 fully saturated rings. The molecule has 0 aromatic heterocycles. The van der Waals surface area contributed by atoms with Gasteiger partial charge in [0.25, 0.3) is 0 Å². The molecule has 118 valence electrons. The van der Waals surface area contributed by atoms with E-state index in [1.807, 2.05) is 0 Å². The zero-order valence-corrected chi connectivity index (χ0v) is 14.1. The first-order valence-corrected chi connectivity index (χ1v) is 8.41. The van der Waals surface area contributed by atoms with Gasteiger partial charge in [-0.2, -0.15) is 0 Å². The Morgan fingerprint density at radius 3 is 2.43 bits per heavy atom. The summed E-state index contributed by atoms with van der Waals surface area (Å²) in [5.41, 5.74) is 1.40. The lowest BCUT2D eigenvalue weighted by molar-refractivity contribution is -0.0581. The van der Waals surface area contributed by atoms with Crippen molar-refractivity contribution in [1.82, 2.24) is 5.32 Å². The normalized spacial score (nSPS) is 24.8. The third-order valence-electron chi connectivity index (χ3n) is 4.36. The Kier molecular flexibility index (Phi) is 5.83. The molecule has 1 aromatic carbocycles. The summed E-state index contributed by atoms with van der Waals surface area (Å²) in [6.07, 6.45) is 5.74. The van der Waals surface area contributed by atoms with Gasteiger partial charge in [0.05, 0.1) is 12.2 Å². The van der Waals surface area contributed by atoms with E-state index < -0.39 is 0 Å². The quantitative estimate of drug-likeness (QED) is 0.847.